The zero-order valence-electron chi connectivity index (χ0n) is 20.7. The number of carbonyl (C=O) groups excluding carboxylic acids is 1. The van der Waals surface area contributed by atoms with E-state index >= 15 is 0 Å². The number of ketones is 1. The van der Waals surface area contributed by atoms with Crippen LogP contribution in [0.2, 0.25) is 0 Å². The zero-order chi connectivity index (χ0) is 25.4. The van der Waals surface area contributed by atoms with E-state index in [0.29, 0.717) is 66.5 Å². The van der Waals surface area contributed by atoms with Gasteiger partial charge in [-0.3, -0.25) is 9.69 Å². The van der Waals surface area contributed by atoms with Gasteiger partial charge in [-0.05, 0) is 43.7 Å². The quantitative estimate of drug-likeness (QED) is 0.382. The van der Waals surface area contributed by atoms with Crippen molar-refractivity contribution in [2.24, 2.45) is 0 Å². The highest BCUT2D eigenvalue weighted by Gasteiger charge is 2.15. The van der Waals surface area contributed by atoms with Crippen LogP contribution in [0.4, 0.5) is 0 Å². The lowest BCUT2D eigenvalue weighted by Crippen LogP contribution is -2.36. The fourth-order valence-corrected chi connectivity index (χ4v) is 3.72. The first-order valence-electron chi connectivity index (χ1n) is 11.6. The second-order valence-corrected chi connectivity index (χ2v) is 8.38. The second kappa shape index (κ2) is 12.3. The summed E-state index contributed by atoms with van der Waals surface area (Å²) in [5.74, 6) is 2.27. The number of methoxy groups -OCH3 is 2. The van der Waals surface area contributed by atoms with Crippen molar-refractivity contribution in [2.45, 2.75) is 39.3 Å². The van der Waals surface area contributed by atoms with Gasteiger partial charge in [-0.2, -0.15) is 0 Å². The number of ether oxygens (including phenoxy) is 3. The van der Waals surface area contributed by atoms with Crippen LogP contribution in [-0.2, 0) is 17.8 Å². The molecule has 0 unspecified atom stereocenters. The number of benzene rings is 2. The van der Waals surface area contributed by atoms with E-state index < -0.39 is 6.10 Å². The van der Waals surface area contributed by atoms with Gasteiger partial charge in [-0.15, -0.1) is 0 Å². The molecule has 0 saturated heterocycles. The Morgan fingerprint density at radius 1 is 1.14 bits per heavy atom. The van der Waals surface area contributed by atoms with Gasteiger partial charge in [0.15, 0.2) is 11.5 Å². The average Bonchev–Trinajstić information content (AvgIpc) is 2.85. The van der Waals surface area contributed by atoms with E-state index in [1.165, 1.54) is 14.2 Å². The van der Waals surface area contributed by atoms with Crippen molar-refractivity contribution < 1.29 is 24.1 Å². The van der Waals surface area contributed by atoms with Gasteiger partial charge in [-0.25, -0.2) is 4.98 Å². The number of aromatic nitrogens is 2. The molecule has 9 heteroatoms. The molecule has 1 heterocycles. The Bertz CT molecular complexity index is 1190. The van der Waals surface area contributed by atoms with E-state index in [9.17, 15) is 14.7 Å². The van der Waals surface area contributed by atoms with Crippen LogP contribution in [-0.4, -0.2) is 65.8 Å². The van der Waals surface area contributed by atoms with Gasteiger partial charge in [0.25, 0.3) is 5.56 Å². The molecule has 9 nitrogen and oxygen atoms in total. The summed E-state index contributed by atoms with van der Waals surface area (Å²) >= 11 is 0. The van der Waals surface area contributed by atoms with Gasteiger partial charge in [0.1, 0.15) is 30.1 Å². The summed E-state index contributed by atoms with van der Waals surface area (Å²) in [6.45, 7) is 5.04. The van der Waals surface area contributed by atoms with Crippen LogP contribution in [0.5, 0.6) is 17.2 Å². The Kier molecular flexibility index (Phi) is 9.22. The minimum absolute atomic E-state index is 0.127. The maximum Gasteiger partial charge on any atom is 0.258 e. The lowest BCUT2D eigenvalue weighted by Gasteiger charge is -2.23. The van der Waals surface area contributed by atoms with Crippen LogP contribution >= 0.6 is 0 Å². The van der Waals surface area contributed by atoms with Crippen LogP contribution in [0.15, 0.2) is 41.2 Å². The normalized spacial score (nSPS) is 12.1. The summed E-state index contributed by atoms with van der Waals surface area (Å²) in [4.78, 5) is 33.1. The van der Waals surface area contributed by atoms with Gasteiger partial charge in [0, 0.05) is 19.0 Å². The molecule has 3 aromatic rings. The summed E-state index contributed by atoms with van der Waals surface area (Å²) in [5.41, 5.74) is 1.31. The van der Waals surface area contributed by atoms with E-state index in [0.717, 1.165) is 5.56 Å². The smallest absolute Gasteiger partial charge is 0.258 e. The molecule has 2 N–H and O–H groups in total. The highest BCUT2D eigenvalue weighted by atomic mass is 16.5. The molecule has 0 aliphatic rings. The highest BCUT2D eigenvalue weighted by Crippen LogP contribution is 2.30. The van der Waals surface area contributed by atoms with Crippen molar-refractivity contribution >= 4 is 16.7 Å². The summed E-state index contributed by atoms with van der Waals surface area (Å²) in [6.07, 6.45) is 0.489. The van der Waals surface area contributed by atoms with Crippen LogP contribution < -0.4 is 19.8 Å². The molecular weight excluding hydrogens is 450 g/mol. The molecule has 0 amide bonds. The second-order valence-electron chi connectivity index (χ2n) is 8.38. The minimum Gasteiger partial charge on any atom is -0.493 e. The van der Waals surface area contributed by atoms with Gasteiger partial charge in [0.05, 0.1) is 31.7 Å². The van der Waals surface area contributed by atoms with Crippen LogP contribution in [0.1, 0.15) is 31.7 Å². The molecule has 188 valence electrons. The number of aliphatic hydroxyl groups excluding tert-OH is 1. The van der Waals surface area contributed by atoms with Crippen molar-refractivity contribution in [3.8, 4) is 17.2 Å². The Labute approximate surface area is 204 Å². The predicted molar refractivity (Wildman–Crippen MR) is 133 cm³/mol. The Hall–Kier alpha value is -3.43. The molecule has 0 fully saturated rings. The van der Waals surface area contributed by atoms with E-state index in [4.69, 9.17) is 14.2 Å². The fraction of sp³-hybridized carbons (Fsp3) is 0.423. The average molecular weight is 484 g/mol. The third-order valence-corrected chi connectivity index (χ3v) is 5.68. The Morgan fingerprint density at radius 3 is 2.46 bits per heavy atom. The third-order valence-electron chi connectivity index (χ3n) is 5.68. The number of aryl methyl sites for hydroxylation is 1. The summed E-state index contributed by atoms with van der Waals surface area (Å²) in [6, 6.07) is 10.8. The topological polar surface area (TPSA) is 114 Å². The van der Waals surface area contributed by atoms with Gasteiger partial charge >= 0.3 is 0 Å². The summed E-state index contributed by atoms with van der Waals surface area (Å²) < 4.78 is 16.3. The Balaban J connectivity index is 1.60. The number of H-pyrrole nitrogens is 1. The molecule has 35 heavy (non-hydrogen) atoms. The Morgan fingerprint density at radius 2 is 1.83 bits per heavy atom. The third kappa shape index (κ3) is 7.27. The van der Waals surface area contributed by atoms with Crippen LogP contribution in [0, 0.1) is 0 Å². The van der Waals surface area contributed by atoms with Crippen LogP contribution in [0.25, 0.3) is 10.9 Å². The highest BCUT2D eigenvalue weighted by molar-refractivity contribution is 5.81. The number of nitrogens with one attached hydrogen (secondary N) is 1. The van der Waals surface area contributed by atoms with E-state index in [-0.39, 0.29) is 17.9 Å². The first-order valence-corrected chi connectivity index (χ1v) is 11.6. The number of aliphatic hydroxyl groups is 1. The molecule has 0 aliphatic carbocycles. The van der Waals surface area contributed by atoms with E-state index in [2.05, 4.69) is 9.97 Å². The number of likely N-dealkylation sites (N-methyl/N-ethyl adjacent to an activating group) is 1. The lowest BCUT2D eigenvalue weighted by atomic mass is 10.1. The van der Waals surface area contributed by atoms with Gasteiger partial charge in [0.2, 0.25) is 0 Å². The largest absolute Gasteiger partial charge is 0.493 e. The zero-order valence-corrected chi connectivity index (χ0v) is 20.7. The van der Waals surface area contributed by atoms with Gasteiger partial charge in [-0.1, -0.05) is 19.1 Å². The molecule has 0 aliphatic heterocycles. The number of hydrogen-bond donors (Lipinski definition) is 2. The maximum atomic E-state index is 12.6. The number of carbonyl (C=O) groups is 1. The lowest BCUT2D eigenvalue weighted by molar-refractivity contribution is -0.116. The van der Waals surface area contributed by atoms with Crippen molar-refractivity contribution in [1.82, 2.24) is 14.9 Å². The molecular formula is C26H33N3O6. The minimum atomic E-state index is -0.733. The maximum absolute atomic E-state index is 12.6. The molecule has 3 rings (SSSR count). The van der Waals surface area contributed by atoms with E-state index in [1.807, 2.05) is 36.1 Å². The summed E-state index contributed by atoms with van der Waals surface area (Å²) in [5, 5.41) is 10.9. The first kappa shape index (κ1) is 26.2. The molecule has 1 aromatic heterocycles. The van der Waals surface area contributed by atoms with Gasteiger partial charge < -0.3 is 29.1 Å². The molecule has 2 aromatic carbocycles. The summed E-state index contributed by atoms with van der Waals surface area (Å²) in [7, 11) is 3.04. The van der Waals surface area contributed by atoms with E-state index in [1.54, 1.807) is 19.1 Å². The number of hydrogen-bond acceptors (Lipinski definition) is 8. The number of Topliss-reactive ketones (excluding diaryl/α,β-unsaturated/α-hetero) is 1. The standard InChI is InChI=1S/C26H33N3O6/c1-5-29(14-19(31)16-35-20-10-8-18(9-11-20)7-6-17(2)30)15-25-27-22-13-24(34-4)23(33-3)12-21(22)26(32)28-25/h8-13,19,31H,5-7,14-16H2,1-4H3,(H,27,28,32)/t19-/m1/s1. The van der Waals surface area contributed by atoms with Crippen molar-refractivity contribution in [2.75, 3.05) is 33.9 Å². The number of nitrogens with zero attached hydrogens (tertiary/aromatic N) is 2. The number of rotatable bonds is 13. The SMILES string of the molecule is CCN(Cc1nc2cc(OC)c(OC)cc2c(=O)[nH]1)C[C@@H](O)COc1ccc(CCC(C)=O)cc1. The van der Waals surface area contributed by atoms with Crippen LogP contribution in [0.3, 0.4) is 0 Å². The first-order chi connectivity index (χ1) is 16.8. The monoisotopic (exact) mass is 483 g/mol. The molecule has 0 radical (unpaired) electrons. The molecule has 0 bridgehead atoms. The molecule has 0 spiro atoms. The fourth-order valence-electron chi connectivity index (χ4n) is 3.72. The molecule has 0 saturated carbocycles. The predicted octanol–water partition coefficient (Wildman–Crippen LogP) is 2.72. The number of fused-ring (bicyclic) bond motifs is 1. The number of aromatic amines is 1. The molecule has 1 atom stereocenters. The van der Waals surface area contributed by atoms with Crippen molar-refractivity contribution in [3.63, 3.8) is 0 Å². The van der Waals surface area contributed by atoms with Crippen molar-refractivity contribution in [1.29, 1.82) is 0 Å². The van der Waals surface area contributed by atoms with Crippen molar-refractivity contribution in [3.05, 3.63) is 58.1 Å².